The van der Waals surface area contributed by atoms with Gasteiger partial charge >= 0.3 is 0 Å². The zero-order chi connectivity index (χ0) is 12.1. The summed E-state index contributed by atoms with van der Waals surface area (Å²) in [5, 5.41) is 3.42. The lowest BCUT2D eigenvalue weighted by Gasteiger charge is -2.22. The number of ether oxygens (including phenoxy) is 1. The van der Waals surface area contributed by atoms with E-state index in [1.165, 1.54) is 0 Å². The van der Waals surface area contributed by atoms with Gasteiger partial charge in [-0.05, 0) is 32.1 Å². The highest BCUT2D eigenvalue weighted by Crippen LogP contribution is 2.15. The van der Waals surface area contributed by atoms with E-state index in [2.05, 4.69) is 22.2 Å². The van der Waals surface area contributed by atoms with Gasteiger partial charge in [-0.2, -0.15) is 0 Å². The molecule has 0 spiro atoms. The van der Waals surface area contributed by atoms with Gasteiger partial charge in [0.1, 0.15) is 11.6 Å². The SMILES string of the molecule is CCc1cc(NCC2CCOCC2)nc(C)n1. The van der Waals surface area contributed by atoms with Gasteiger partial charge in [0.2, 0.25) is 0 Å². The monoisotopic (exact) mass is 235 g/mol. The average molecular weight is 235 g/mol. The molecule has 0 unspecified atom stereocenters. The smallest absolute Gasteiger partial charge is 0.129 e. The summed E-state index contributed by atoms with van der Waals surface area (Å²) >= 11 is 0. The van der Waals surface area contributed by atoms with Crippen molar-refractivity contribution in [3.63, 3.8) is 0 Å². The van der Waals surface area contributed by atoms with Crippen LogP contribution in [0.3, 0.4) is 0 Å². The molecular weight excluding hydrogens is 214 g/mol. The topological polar surface area (TPSA) is 47.0 Å². The van der Waals surface area contributed by atoms with E-state index in [1.54, 1.807) is 0 Å². The van der Waals surface area contributed by atoms with Crippen LogP contribution in [0.5, 0.6) is 0 Å². The third-order valence-corrected chi connectivity index (χ3v) is 3.17. The standard InChI is InChI=1S/C13H21N3O/c1-3-12-8-13(16-10(2)15-12)14-9-11-4-6-17-7-5-11/h8,11H,3-7,9H2,1-2H3,(H,14,15,16). The molecule has 1 aromatic rings. The van der Waals surface area contributed by atoms with Crippen LogP contribution < -0.4 is 5.32 Å². The van der Waals surface area contributed by atoms with Crippen LogP contribution in [0, 0.1) is 12.8 Å². The average Bonchev–Trinajstić information content (AvgIpc) is 2.37. The molecular formula is C13H21N3O. The third-order valence-electron chi connectivity index (χ3n) is 3.17. The Morgan fingerprint density at radius 1 is 1.35 bits per heavy atom. The van der Waals surface area contributed by atoms with Crippen molar-refractivity contribution in [1.29, 1.82) is 0 Å². The zero-order valence-corrected chi connectivity index (χ0v) is 10.7. The summed E-state index contributed by atoms with van der Waals surface area (Å²) in [5.41, 5.74) is 1.10. The van der Waals surface area contributed by atoms with Crippen LogP contribution in [0.25, 0.3) is 0 Å². The summed E-state index contributed by atoms with van der Waals surface area (Å²) in [6.45, 7) is 6.84. The number of aromatic nitrogens is 2. The van der Waals surface area contributed by atoms with Gasteiger partial charge in [-0.1, -0.05) is 6.92 Å². The van der Waals surface area contributed by atoms with E-state index in [4.69, 9.17) is 4.74 Å². The predicted molar refractivity (Wildman–Crippen MR) is 68.2 cm³/mol. The Labute approximate surface area is 103 Å². The van der Waals surface area contributed by atoms with Crippen LogP contribution in [0.15, 0.2) is 6.07 Å². The lowest BCUT2D eigenvalue weighted by atomic mass is 10.0. The molecule has 1 aliphatic heterocycles. The van der Waals surface area contributed by atoms with E-state index >= 15 is 0 Å². The molecule has 0 aromatic carbocycles. The minimum Gasteiger partial charge on any atom is -0.381 e. The number of rotatable bonds is 4. The molecule has 1 N–H and O–H groups in total. The minimum absolute atomic E-state index is 0.712. The molecule has 1 aliphatic rings. The molecule has 0 bridgehead atoms. The fourth-order valence-electron chi connectivity index (χ4n) is 2.10. The van der Waals surface area contributed by atoms with E-state index in [9.17, 15) is 0 Å². The van der Waals surface area contributed by atoms with Gasteiger partial charge < -0.3 is 10.1 Å². The maximum absolute atomic E-state index is 5.35. The van der Waals surface area contributed by atoms with Crippen molar-refractivity contribution in [1.82, 2.24) is 9.97 Å². The first-order chi connectivity index (χ1) is 8.28. The molecule has 4 nitrogen and oxygen atoms in total. The summed E-state index contributed by atoms with van der Waals surface area (Å²) in [7, 11) is 0. The highest BCUT2D eigenvalue weighted by Gasteiger charge is 2.13. The van der Waals surface area contributed by atoms with Crippen molar-refractivity contribution in [2.75, 3.05) is 25.1 Å². The van der Waals surface area contributed by atoms with E-state index in [-0.39, 0.29) is 0 Å². The maximum Gasteiger partial charge on any atom is 0.129 e. The molecule has 1 saturated heterocycles. The Kier molecular flexibility index (Phi) is 4.31. The van der Waals surface area contributed by atoms with Gasteiger partial charge in [0.05, 0.1) is 0 Å². The van der Waals surface area contributed by atoms with Crippen LogP contribution >= 0.6 is 0 Å². The summed E-state index contributed by atoms with van der Waals surface area (Å²) in [6, 6.07) is 2.05. The van der Waals surface area contributed by atoms with Gasteiger partial charge in [-0.3, -0.25) is 0 Å². The summed E-state index contributed by atoms with van der Waals surface area (Å²) < 4.78 is 5.35. The fourth-order valence-corrected chi connectivity index (χ4v) is 2.10. The molecule has 94 valence electrons. The van der Waals surface area contributed by atoms with Crippen molar-refractivity contribution in [2.24, 2.45) is 5.92 Å². The number of nitrogens with one attached hydrogen (secondary N) is 1. The maximum atomic E-state index is 5.35. The molecule has 1 aromatic heterocycles. The predicted octanol–water partition coefficient (Wildman–Crippen LogP) is 2.19. The Bertz CT molecular complexity index is 362. The van der Waals surface area contributed by atoms with Gasteiger partial charge in [0.15, 0.2) is 0 Å². The van der Waals surface area contributed by atoms with Crippen LogP contribution in [0.1, 0.15) is 31.3 Å². The van der Waals surface area contributed by atoms with E-state index in [0.29, 0.717) is 5.92 Å². The van der Waals surface area contributed by atoms with Crippen LogP contribution in [0.2, 0.25) is 0 Å². The molecule has 0 saturated carbocycles. The molecule has 2 heterocycles. The second-order valence-electron chi connectivity index (χ2n) is 4.58. The first-order valence-corrected chi connectivity index (χ1v) is 6.44. The van der Waals surface area contributed by atoms with E-state index in [0.717, 1.165) is 56.4 Å². The van der Waals surface area contributed by atoms with Crippen molar-refractivity contribution in [3.05, 3.63) is 17.6 Å². The largest absolute Gasteiger partial charge is 0.381 e. The van der Waals surface area contributed by atoms with Crippen molar-refractivity contribution >= 4 is 5.82 Å². The molecule has 0 aliphatic carbocycles. The third kappa shape index (κ3) is 3.66. The molecule has 4 heteroatoms. The molecule has 17 heavy (non-hydrogen) atoms. The van der Waals surface area contributed by atoms with Crippen molar-refractivity contribution < 1.29 is 4.74 Å². The molecule has 1 fully saturated rings. The normalized spacial score (nSPS) is 17.1. The number of aryl methyl sites for hydroxylation is 2. The molecule has 0 atom stereocenters. The van der Waals surface area contributed by atoms with Crippen molar-refractivity contribution in [3.8, 4) is 0 Å². The first-order valence-electron chi connectivity index (χ1n) is 6.44. The molecule has 0 amide bonds. The van der Waals surface area contributed by atoms with Crippen LogP contribution in [-0.2, 0) is 11.2 Å². The van der Waals surface area contributed by atoms with Crippen LogP contribution in [-0.4, -0.2) is 29.7 Å². The van der Waals surface area contributed by atoms with E-state index in [1.807, 2.05) is 13.0 Å². The summed E-state index contributed by atoms with van der Waals surface area (Å²) in [5.74, 6) is 2.52. The number of nitrogens with zero attached hydrogens (tertiary/aromatic N) is 2. The highest BCUT2D eigenvalue weighted by atomic mass is 16.5. The Hall–Kier alpha value is -1.16. The first kappa shape index (κ1) is 12.3. The highest BCUT2D eigenvalue weighted by molar-refractivity contribution is 5.36. The number of hydrogen-bond donors (Lipinski definition) is 1. The zero-order valence-electron chi connectivity index (χ0n) is 10.7. The second kappa shape index (κ2) is 5.96. The number of anilines is 1. The summed E-state index contributed by atoms with van der Waals surface area (Å²) in [4.78, 5) is 8.79. The van der Waals surface area contributed by atoms with Crippen molar-refractivity contribution in [2.45, 2.75) is 33.1 Å². The van der Waals surface area contributed by atoms with Crippen LogP contribution in [0.4, 0.5) is 5.82 Å². The summed E-state index contributed by atoms with van der Waals surface area (Å²) in [6.07, 6.45) is 3.25. The fraction of sp³-hybridized carbons (Fsp3) is 0.692. The Morgan fingerprint density at radius 2 is 2.12 bits per heavy atom. The minimum atomic E-state index is 0.712. The molecule has 0 radical (unpaired) electrons. The number of hydrogen-bond acceptors (Lipinski definition) is 4. The van der Waals surface area contributed by atoms with Gasteiger partial charge in [-0.15, -0.1) is 0 Å². The van der Waals surface area contributed by atoms with Gasteiger partial charge in [-0.25, -0.2) is 9.97 Å². The molecule has 2 rings (SSSR count). The lowest BCUT2D eigenvalue weighted by Crippen LogP contribution is -2.23. The van der Waals surface area contributed by atoms with Gasteiger partial charge in [0, 0.05) is 31.5 Å². The Morgan fingerprint density at radius 3 is 2.82 bits per heavy atom. The Balaban J connectivity index is 1.91. The van der Waals surface area contributed by atoms with E-state index < -0.39 is 0 Å². The second-order valence-corrected chi connectivity index (χ2v) is 4.58. The lowest BCUT2D eigenvalue weighted by molar-refractivity contribution is 0.0699. The quantitative estimate of drug-likeness (QED) is 0.869. The van der Waals surface area contributed by atoms with Gasteiger partial charge in [0.25, 0.3) is 0 Å².